The minimum absolute atomic E-state index is 0.212. The number of hydrogen-bond donors (Lipinski definition) is 1. The van der Waals surface area contributed by atoms with Crippen LogP contribution in [0.2, 0.25) is 0 Å². The van der Waals surface area contributed by atoms with E-state index in [9.17, 15) is 4.79 Å². The number of amides is 1. The van der Waals surface area contributed by atoms with Crippen molar-refractivity contribution in [1.82, 2.24) is 14.9 Å². The quantitative estimate of drug-likeness (QED) is 0.136. The van der Waals surface area contributed by atoms with E-state index < -0.39 is 0 Å². The van der Waals surface area contributed by atoms with E-state index in [-0.39, 0.29) is 5.91 Å². The molecule has 1 aromatic heterocycles. The van der Waals surface area contributed by atoms with Gasteiger partial charge in [-0.1, -0.05) is 61.4 Å². The summed E-state index contributed by atoms with van der Waals surface area (Å²) in [4.78, 5) is 25.2. The van der Waals surface area contributed by atoms with Gasteiger partial charge in [0.05, 0.1) is 22.1 Å². The highest BCUT2D eigenvalue weighted by atomic mass is 32.1. The Morgan fingerprint density at radius 2 is 1.29 bits per heavy atom. The van der Waals surface area contributed by atoms with E-state index in [0.717, 1.165) is 69.5 Å². The molecule has 0 aliphatic carbocycles. The maximum atomic E-state index is 13.1. The molecule has 0 unspecified atom stereocenters. The molecular formula is C34H28N4O2S. The van der Waals surface area contributed by atoms with Gasteiger partial charge in [0, 0.05) is 35.1 Å². The number of carbonyl (C=O) groups is 1. The third-order valence-corrected chi connectivity index (χ3v) is 8.10. The number of benzene rings is 5. The van der Waals surface area contributed by atoms with Crippen LogP contribution >= 0.6 is 12.2 Å². The molecule has 6 nitrogen and oxygen atoms in total. The Morgan fingerprint density at radius 3 is 1.93 bits per heavy atom. The number of anilines is 1. The van der Waals surface area contributed by atoms with Crippen LogP contribution in [0.15, 0.2) is 91.0 Å². The fraction of sp³-hybridized carbons (Fsp3) is 0.176. The van der Waals surface area contributed by atoms with Crippen molar-refractivity contribution in [2.45, 2.75) is 25.7 Å². The topological polar surface area (TPSA) is 67.3 Å². The molecule has 0 radical (unpaired) electrons. The lowest BCUT2D eigenvalue weighted by Gasteiger charge is -2.22. The van der Waals surface area contributed by atoms with E-state index in [1.807, 2.05) is 36.4 Å². The number of thiocarbonyl (C=S) groups is 1. The van der Waals surface area contributed by atoms with Crippen LogP contribution in [-0.4, -0.2) is 39.0 Å². The third-order valence-electron chi connectivity index (χ3n) is 7.76. The zero-order valence-electron chi connectivity index (χ0n) is 22.5. The summed E-state index contributed by atoms with van der Waals surface area (Å²) in [6.45, 7) is 1.86. The molecule has 1 amide bonds. The average molecular weight is 557 g/mol. The minimum atomic E-state index is -0.212. The van der Waals surface area contributed by atoms with Gasteiger partial charge >= 0.3 is 0 Å². The Kier molecular flexibility index (Phi) is 6.65. The molecule has 7 rings (SSSR count). The number of ether oxygens (including phenoxy) is 1. The van der Waals surface area contributed by atoms with Crippen molar-refractivity contribution in [1.29, 1.82) is 0 Å². The van der Waals surface area contributed by atoms with Crippen LogP contribution in [0.25, 0.3) is 43.6 Å². The van der Waals surface area contributed by atoms with Crippen molar-refractivity contribution in [2.24, 2.45) is 0 Å². The smallest absolute Gasteiger partial charge is 0.264 e. The molecule has 7 heteroatoms. The molecular weight excluding hydrogens is 528 g/mol. The highest BCUT2D eigenvalue weighted by Gasteiger charge is 2.16. The number of nitrogens with zero attached hydrogens (tertiary/aromatic N) is 3. The summed E-state index contributed by atoms with van der Waals surface area (Å²) < 4.78 is 5.91. The van der Waals surface area contributed by atoms with Gasteiger partial charge in [-0.05, 0) is 78.3 Å². The third kappa shape index (κ3) is 4.93. The maximum absolute atomic E-state index is 13.1. The van der Waals surface area contributed by atoms with Gasteiger partial charge in [0.25, 0.3) is 11.1 Å². The summed E-state index contributed by atoms with van der Waals surface area (Å²) in [7, 11) is 0. The van der Waals surface area contributed by atoms with E-state index in [1.165, 1.54) is 12.8 Å². The fourth-order valence-electron chi connectivity index (χ4n) is 5.65. The molecule has 41 heavy (non-hydrogen) atoms. The summed E-state index contributed by atoms with van der Waals surface area (Å²) in [5.74, 6) is 0.416. The molecule has 6 aromatic rings. The Bertz CT molecular complexity index is 1950. The Morgan fingerprint density at radius 1 is 0.707 bits per heavy atom. The number of likely N-dealkylation sites (tertiary alicyclic amines) is 1. The zero-order valence-corrected chi connectivity index (χ0v) is 23.3. The normalized spacial score (nSPS) is 13.9. The van der Waals surface area contributed by atoms with Gasteiger partial charge in [-0.2, -0.15) is 0 Å². The van der Waals surface area contributed by atoms with Crippen molar-refractivity contribution in [2.75, 3.05) is 18.4 Å². The summed E-state index contributed by atoms with van der Waals surface area (Å²) in [6, 6.07) is 29.3. The maximum Gasteiger partial charge on any atom is 0.264 e. The average Bonchev–Trinajstić information content (AvgIpc) is 3.31. The SMILES string of the molecule is O=C(Nc1ccc2nc3c4ccccc4c4ccccc4c3nc2c1)c1ccc(OC(=S)N2CCCCCC2)cc1. The molecule has 0 atom stereocenters. The van der Waals surface area contributed by atoms with Crippen LogP contribution < -0.4 is 10.1 Å². The van der Waals surface area contributed by atoms with E-state index in [4.69, 9.17) is 26.9 Å². The standard InChI is InChI=1S/C34H28N4O2S/c39-33(22-13-16-24(17-14-22)40-34(41)38-19-7-1-2-8-20-38)35-23-15-18-29-30(21-23)37-32-28-12-6-4-10-26(28)25-9-3-5-11-27(25)31(32)36-29/h3-6,9-18,21H,1-2,7-8,19-20H2,(H,35,39). The van der Waals surface area contributed by atoms with Crippen LogP contribution in [0.3, 0.4) is 0 Å². The summed E-state index contributed by atoms with van der Waals surface area (Å²) in [6.07, 6.45) is 4.73. The van der Waals surface area contributed by atoms with Crippen LogP contribution in [0.1, 0.15) is 36.0 Å². The first-order valence-corrected chi connectivity index (χ1v) is 14.4. The number of carbonyl (C=O) groups excluding carboxylic acids is 1. The van der Waals surface area contributed by atoms with Crippen molar-refractivity contribution in [3.8, 4) is 5.75 Å². The van der Waals surface area contributed by atoms with Crippen molar-refractivity contribution >= 4 is 72.6 Å². The number of nitrogens with one attached hydrogen (secondary N) is 1. The Hall–Kier alpha value is -4.62. The number of rotatable bonds is 3. The van der Waals surface area contributed by atoms with Crippen LogP contribution in [0, 0.1) is 0 Å². The molecule has 0 saturated carbocycles. The number of fused-ring (bicyclic) bond motifs is 7. The molecule has 202 valence electrons. The molecule has 5 aromatic carbocycles. The van der Waals surface area contributed by atoms with Crippen LogP contribution in [-0.2, 0) is 0 Å². The van der Waals surface area contributed by atoms with E-state index in [2.05, 4.69) is 40.5 Å². The van der Waals surface area contributed by atoms with Gasteiger partial charge in [-0.3, -0.25) is 4.79 Å². The first-order valence-electron chi connectivity index (χ1n) is 14.0. The predicted molar refractivity (Wildman–Crippen MR) is 170 cm³/mol. The first-order chi connectivity index (χ1) is 20.1. The van der Waals surface area contributed by atoms with Gasteiger partial charge in [0.1, 0.15) is 5.75 Å². The van der Waals surface area contributed by atoms with Gasteiger partial charge in [-0.25, -0.2) is 9.97 Å². The molecule has 1 N–H and O–H groups in total. The molecule has 1 aliphatic heterocycles. The second-order valence-electron chi connectivity index (χ2n) is 10.5. The largest absolute Gasteiger partial charge is 0.432 e. The summed E-state index contributed by atoms with van der Waals surface area (Å²) >= 11 is 5.52. The van der Waals surface area contributed by atoms with Gasteiger partial charge in [0.2, 0.25) is 0 Å². The zero-order chi connectivity index (χ0) is 27.8. The Balaban J connectivity index is 1.14. The summed E-state index contributed by atoms with van der Waals surface area (Å²) in [5.41, 5.74) is 4.41. The molecule has 1 fully saturated rings. The van der Waals surface area contributed by atoms with Crippen molar-refractivity contribution < 1.29 is 9.53 Å². The van der Waals surface area contributed by atoms with Crippen LogP contribution in [0.4, 0.5) is 5.69 Å². The van der Waals surface area contributed by atoms with Crippen molar-refractivity contribution in [3.05, 3.63) is 96.6 Å². The lowest BCUT2D eigenvalue weighted by atomic mass is 9.99. The minimum Gasteiger partial charge on any atom is -0.432 e. The molecule has 2 heterocycles. The van der Waals surface area contributed by atoms with Gasteiger partial charge < -0.3 is 15.0 Å². The molecule has 1 aliphatic rings. The highest BCUT2D eigenvalue weighted by Crippen LogP contribution is 2.34. The van der Waals surface area contributed by atoms with E-state index >= 15 is 0 Å². The monoisotopic (exact) mass is 556 g/mol. The summed E-state index contributed by atoms with van der Waals surface area (Å²) in [5, 5.41) is 7.94. The molecule has 1 saturated heterocycles. The highest BCUT2D eigenvalue weighted by molar-refractivity contribution is 7.80. The second kappa shape index (κ2) is 10.7. The lowest BCUT2D eigenvalue weighted by molar-refractivity contribution is 0.102. The fourth-order valence-corrected chi connectivity index (χ4v) is 5.93. The van der Waals surface area contributed by atoms with Crippen molar-refractivity contribution in [3.63, 3.8) is 0 Å². The lowest BCUT2D eigenvalue weighted by Crippen LogP contribution is -2.34. The Labute approximate surface area is 243 Å². The molecule has 0 bridgehead atoms. The number of hydrogen-bond acceptors (Lipinski definition) is 5. The van der Waals surface area contributed by atoms with Gasteiger partial charge in [0.15, 0.2) is 0 Å². The van der Waals surface area contributed by atoms with E-state index in [0.29, 0.717) is 22.2 Å². The van der Waals surface area contributed by atoms with E-state index in [1.54, 1.807) is 24.3 Å². The van der Waals surface area contributed by atoms with Gasteiger partial charge in [-0.15, -0.1) is 0 Å². The first kappa shape index (κ1) is 25.4. The molecule has 0 spiro atoms. The number of aromatic nitrogens is 2. The van der Waals surface area contributed by atoms with Crippen LogP contribution in [0.5, 0.6) is 5.75 Å². The predicted octanol–water partition coefficient (Wildman–Crippen LogP) is 7.88. The second-order valence-corrected chi connectivity index (χ2v) is 10.8.